The molecule has 1 unspecified atom stereocenters. The molecule has 15 heavy (non-hydrogen) atoms. The smallest absolute Gasteiger partial charge is 0.123 e. The molecule has 1 saturated carbocycles. The fourth-order valence-corrected chi connectivity index (χ4v) is 1.65. The van der Waals surface area contributed by atoms with Crippen LogP contribution in [0.4, 0.5) is 4.39 Å². The fraction of sp³-hybridized carbons (Fsp3) is 0.417. The minimum atomic E-state index is -0.307. The number of aryl methyl sites for hydroxylation is 1. The van der Waals surface area contributed by atoms with Gasteiger partial charge in [-0.25, -0.2) is 4.39 Å². The first kappa shape index (κ1) is 10.1. The largest absolute Gasteiger partial charge is 0.295 e. The Labute approximate surface area is 88.7 Å². The number of nitriles is 1. The molecule has 0 radical (unpaired) electrons. The molecular weight excluding hydrogens is 191 g/mol. The molecule has 1 atom stereocenters. The average Bonchev–Trinajstić information content (AvgIpc) is 2.99. The van der Waals surface area contributed by atoms with Gasteiger partial charge in [-0.1, -0.05) is 6.07 Å². The summed E-state index contributed by atoms with van der Waals surface area (Å²) in [6.07, 6.45) is 2.27. The summed E-state index contributed by atoms with van der Waals surface area (Å²) in [6.45, 7) is 1.83. The maximum atomic E-state index is 12.9. The van der Waals surface area contributed by atoms with Gasteiger partial charge >= 0.3 is 0 Å². The van der Waals surface area contributed by atoms with Crippen molar-refractivity contribution in [3.05, 3.63) is 35.1 Å². The van der Waals surface area contributed by atoms with Gasteiger partial charge < -0.3 is 0 Å². The highest BCUT2D eigenvalue weighted by Crippen LogP contribution is 2.25. The monoisotopic (exact) mass is 204 g/mol. The average molecular weight is 204 g/mol. The molecule has 1 aliphatic carbocycles. The van der Waals surface area contributed by atoms with E-state index in [-0.39, 0.29) is 11.9 Å². The lowest BCUT2D eigenvalue weighted by Gasteiger charge is -2.13. The molecule has 0 aliphatic heterocycles. The summed E-state index contributed by atoms with van der Waals surface area (Å²) in [5.74, 6) is -0.251. The van der Waals surface area contributed by atoms with Gasteiger partial charge in [0.15, 0.2) is 0 Å². The topological polar surface area (TPSA) is 35.8 Å². The third-order valence-electron chi connectivity index (χ3n) is 2.65. The van der Waals surface area contributed by atoms with E-state index < -0.39 is 0 Å². The first-order valence-corrected chi connectivity index (χ1v) is 5.12. The molecule has 0 aromatic heterocycles. The van der Waals surface area contributed by atoms with Crippen LogP contribution in [0.2, 0.25) is 0 Å². The highest BCUT2D eigenvalue weighted by molar-refractivity contribution is 5.33. The predicted molar refractivity (Wildman–Crippen MR) is 55.6 cm³/mol. The predicted octanol–water partition coefficient (Wildman–Crippen LogP) is 2.45. The van der Waals surface area contributed by atoms with Crippen molar-refractivity contribution in [1.29, 1.82) is 5.26 Å². The molecule has 0 heterocycles. The van der Waals surface area contributed by atoms with Gasteiger partial charge in [-0.2, -0.15) is 5.26 Å². The van der Waals surface area contributed by atoms with Crippen LogP contribution in [0, 0.1) is 24.1 Å². The van der Waals surface area contributed by atoms with Crippen LogP contribution in [0.25, 0.3) is 0 Å². The lowest BCUT2D eigenvalue weighted by atomic mass is 10.0. The van der Waals surface area contributed by atoms with Crippen LogP contribution < -0.4 is 5.32 Å². The number of halogens is 1. The molecule has 1 aliphatic rings. The molecule has 1 aromatic carbocycles. The summed E-state index contributed by atoms with van der Waals surface area (Å²) < 4.78 is 12.9. The third-order valence-corrected chi connectivity index (χ3v) is 2.65. The standard InChI is InChI=1S/C12H13FN2/c1-8-6-9(13)2-5-11(8)12(7-14)15-10-3-4-10/h2,5-6,10,12,15H,3-4H2,1H3. The molecular formula is C12H13FN2. The number of rotatable bonds is 3. The first-order valence-electron chi connectivity index (χ1n) is 5.12. The van der Waals surface area contributed by atoms with Gasteiger partial charge in [0.25, 0.3) is 0 Å². The third kappa shape index (κ3) is 2.34. The van der Waals surface area contributed by atoms with Gasteiger partial charge in [-0.3, -0.25) is 5.32 Å². The molecule has 1 N–H and O–H groups in total. The van der Waals surface area contributed by atoms with E-state index in [1.807, 2.05) is 6.92 Å². The Morgan fingerprint density at radius 2 is 2.27 bits per heavy atom. The molecule has 0 spiro atoms. The number of nitrogens with one attached hydrogen (secondary N) is 1. The Bertz CT molecular complexity index is 405. The van der Waals surface area contributed by atoms with Gasteiger partial charge in [0.2, 0.25) is 0 Å². The Morgan fingerprint density at radius 1 is 1.53 bits per heavy atom. The summed E-state index contributed by atoms with van der Waals surface area (Å²) in [4.78, 5) is 0. The second-order valence-corrected chi connectivity index (χ2v) is 4.00. The molecule has 0 saturated heterocycles. The van der Waals surface area contributed by atoms with Crippen molar-refractivity contribution in [3.63, 3.8) is 0 Å². The Morgan fingerprint density at radius 3 is 2.80 bits per heavy atom. The van der Waals surface area contributed by atoms with Crippen molar-refractivity contribution >= 4 is 0 Å². The normalized spacial score (nSPS) is 17.1. The second-order valence-electron chi connectivity index (χ2n) is 4.00. The lowest BCUT2D eigenvalue weighted by molar-refractivity contribution is 0.609. The lowest BCUT2D eigenvalue weighted by Crippen LogP contribution is -2.22. The van der Waals surface area contributed by atoms with Crippen LogP contribution in [0.1, 0.15) is 30.0 Å². The van der Waals surface area contributed by atoms with Crippen molar-refractivity contribution in [2.75, 3.05) is 0 Å². The van der Waals surface area contributed by atoms with E-state index in [0.717, 1.165) is 24.0 Å². The van der Waals surface area contributed by atoms with E-state index in [0.29, 0.717) is 6.04 Å². The number of hydrogen-bond donors (Lipinski definition) is 1. The van der Waals surface area contributed by atoms with E-state index in [2.05, 4.69) is 11.4 Å². The van der Waals surface area contributed by atoms with E-state index >= 15 is 0 Å². The molecule has 3 heteroatoms. The highest BCUT2D eigenvalue weighted by atomic mass is 19.1. The maximum absolute atomic E-state index is 12.9. The van der Waals surface area contributed by atoms with Crippen LogP contribution in [-0.2, 0) is 0 Å². The van der Waals surface area contributed by atoms with E-state index in [1.54, 1.807) is 6.07 Å². The van der Waals surface area contributed by atoms with Crippen LogP contribution in [0.5, 0.6) is 0 Å². The van der Waals surface area contributed by atoms with Crippen LogP contribution >= 0.6 is 0 Å². The minimum Gasteiger partial charge on any atom is -0.295 e. The Hall–Kier alpha value is -1.40. The first-order chi connectivity index (χ1) is 7.20. The van der Waals surface area contributed by atoms with Crippen LogP contribution in [-0.4, -0.2) is 6.04 Å². The Kier molecular flexibility index (Phi) is 2.70. The van der Waals surface area contributed by atoms with Crippen molar-refractivity contribution in [1.82, 2.24) is 5.32 Å². The highest BCUT2D eigenvalue weighted by Gasteiger charge is 2.25. The molecule has 78 valence electrons. The molecule has 0 amide bonds. The summed E-state index contributed by atoms with van der Waals surface area (Å²) >= 11 is 0. The molecule has 1 aromatic rings. The molecule has 0 bridgehead atoms. The zero-order chi connectivity index (χ0) is 10.8. The zero-order valence-electron chi connectivity index (χ0n) is 8.63. The van der Waals surface area contributed by atoms with Gasteiger partial charge in [-0.05, 0) is 43.0 Å². The summed E-state index contributed by atoms with van der Waals surface area (Å²) in [6, 6.07) is 6.94. The van der Waals surface area contributed by atoms with Gasteiger partial charge in [0.1, 0.15) is 11.9 Å². The maximum Gasteiger partial charge on any atom is 0.123 e. The minimum absolute atomic E-state index is 0.251. The van der Waals surface area contributed by atoms with E-state index in [9.17, 15) is 4.39 Å². The molecule has 2 rings (SSSR count). The van der Waals surface area contributed by atoms with Crippen LogP contribution in [0.3, 0.4) is 0 Å². The van der Waals surface area contributed by atoms with Gasteiger partial charge in [0, 0.05) is 6.04 Å². The molecule has 1 fully saturated rings. The SMILES string of the molecule is Cc1cc(F)ccc1C(C#N)NC1CC1. The number of hydrogen-bond acceptors (Lipinski definition) is 2. The number of benzene rings is 1. The zero-order valence-corrected chi connectivity index (χ0v) is 8.63. The number of nitrogens with zero attached hydrogens (tertiary/aromatic N) is 1. The Balaban J connectivity index is 2.21. The van der Waals surface area contributed by atoms with Crippen molar-refractivity contribution in [2.45, 2.75) is 31.8 Å². The fourth-order valence-electron chi connectivity index (χ4n) is 1.65. The summed E-state index contributed by atoms with van der Waals surface area (Å²) in [7, 11) is 0. The molecule has 2 nitrogen and oxygen atoms in total. The quantitative estimate of drug-likeness (QED) is 0.820. The van der Waals surface area contributed by atoms with Crippen molar-refractivity contribution in [3.8, 4) is 6.07 Å². The summed E-state index contributed by atoms with van der Waals surface area (Å²) in [5.41, 5.74) is 1.71. The van der Waals surface area contributed by atoms with Crippen molar-refractivity contribution in [2.24, 2.45) is 0 Å². The van der Waals surface area contributed by atoms with Gasteiger partial charge in [-0.15, -0.1) is 0 Å². The van der Waals surface area contributed by atoms with Crippen molar-refractivity contribution < 1.29 is 4.39 Å². The summed E-state index contributed by atoms with van der Waals surface area (Å²) in [5, 5.41) is 12.3. The van der Waals surface area contributed by atoms with Gasteiger partial charge in [0.05, 0.1) is 6.07 Å². The van der Waals surface area contributed by atoms with Crippen LogP contribution in [0.15, 0.2) is 18.2 Å². The van der Waals surface area contributed by atoms with E-state index in [1.165, 1.54) is 12.1 Å². The second kappa shape index (κ2) is 4.00. The van der Waals surface area contributed by atoms with E-state index in [4.69, 9.17) is 5.26 Å².